The largest absolute Gasteiger partial charge is 0.467 e. The van der Waals surface area contributed by atoms with Crippen LogP contribution in [0.3, 0.4) is 0 Å². The summed E-state index contributed by atoms with van der Waals surface area (Å²) in [7, 11) is 0. The van der Waals surface area contributed by atoms with Gasteiger partial charge in [-0.15, -0.1) is 0 Å². The van der Waals surface area contributed by atoms with E-state index in [1.807, 2.05) is 6.07 Å². The molecule has 2 heterocycles. The quantitative estimate of drug-likeness (QED) is 0.733. The van der Waals surface area contributed by atoms with Crippen molar-refractivity contribution in [3.05, 3.63) is 65.7 Å². The average molecular weight is 311 g/mol. The van der Waals surface area contributed by atoms with Crippen molar-refractivity contribution in [2.75, 3.05) is 12.3 Å². The summed E-state index contributed by atoms with van der Waals surface area (Å²) in [5, 5.41) is 0.795. The second kappa shape index (κ2) is 6.39. The monoisotopic (exact) mass is 311 g/mol. The third kappa shape index (κ3) is 2.96. The number of rotatable bonds is 5. The first-order chi connectivity index (χ1) is 11.2. The summed E-state index contributed by atoms with van der Waals surface area (Å²) in [5.74, 6) is -0.404. The zero-order valence-corrected chi connectivity index (χ0v) is 12.1. The van der Waals surface area contributed by atoms with Crippen molar-refractivity contribution in [3.63, 3.8) is 0 Å². The zero-order chi connectivity index (χ0) is 16.2. The number of fused-ring (bicyclic) bond motifs is 1. The van der Waals surface area contributed by atoms with Crippen LogP contribution in [0.1, 0.15) is 17.0 Å². The molecule has 0 radical (unpaired) electrons. The Morgan fingerprint density at radius 3 is 2.91 bits per heavy atom. The maximum Gasteiger partial charge on any atom is 0.293 e. The predicted molar refractivity (Wildman–Crippen MR) is 84.2 cm³/mol. The maximum atomic E-state index is 13.6. The Morgan fingerprint density at radius 2 is 2.13 bits per heavy atom. The van der Waals surface area contributed by atoms with Crippen LogP contribution < -0.4 is 5.73 Å². The lowest BCUT2D eigenvalue weighted by atomic mass is 9.90. The van der Waals surface area contributed by atoms with Crippen LogP contribution in [-0.4, -0.2) is 23.0 Å². The molecule has 0 bridgehead atoms. The Balaban J connectivity index is 2.17. The molecule has 5 nitrogen and oxygen atoms in total. The number of hydrogen-bond donors (Lipinski definition) is 1. The normalized spacial score (nSPS) is 12.0. The first kappa shape index (κ1) is 14.9. The van der Waals surface area contributed by atoms with E-state index in [2.05, 4.69) is 9.97 Å². The molecule has 6 heteroatoms. The second-order valence-corrected chi connectivity index (χ2v) is 5.04. The highest BCUT2D eigenvalue weighted by Gasteiger charge is 2.20. The topological polar surface area (TPSA) is 78.1 Å². The molecule has 0 spiro atoms. The fourth-order valence-corrected chi connectivity index (χ4v) is 2.61. The van der Waals surface area contributed by atoms with Crippen LogP contribution >= 0.6 is 0 Å². The Bertz CT molecular complexity index is 854. The zero-order valence-electron chi connectivity index (χ0n) is 12.1. The number of carbonyl (C=O) groups is 1. The van der Waals surface area contributed by atoms with E-state index in [9.17, 15) is 9.18 Å². The summed E-state index contributed by atoms with van der Waals surface area (Å²) in [4.78, 5) is 19.0. The molecule has 116 valence electrons. The summed E-state index contributed by atoms with van der Waals surface area (Å²) in [5.41, 5.74) is 7.89. The number of nitrogens with zero attached hydrogens (tertiary/aromatic N) is 2. The van der Waals surface area contributed by atoms with Gasteiger partial charge in [-0.3, -0.25) is 9.78 Å². The second-order valence-electron chi connectivity index (χ2n) is 5.04. The molecule has 1 atom stereocenters. The van der Waals surface area contributed by atoms with Crippen LogP contribution in [0.2, 0.25) is 0 Å². The minimum atomic E-state index is -0.365. The minimum Gasteiger partial charge on any atom is -0.467 e. The number of ether oxygens (including phenoxy) is 1. The van der Waals surface area contributed by atoms with Gasteiger partial charge >= 0.3 is 0 Å². The number of hydrogen-bond acceptors (Lipinski definition) is 5. The van der Waals surface area contributed by atoms with Gasteiger partial charge in [0.05, 0.1) is 0 Å². The lowest BCUT2D eigenvalue weighted by molar-refractivity contribution is -0.128. The summed E-state index contributed by atoms with van der Waals surface area (Å²) in [6.45, 7) is 0.444. The molecule has 0 saturated heterocycles. The van der Waals surface area contributed by atoms with Crippen molar-refractivity contribution in [2.24, 2.45) is 0 Å². The fourth-order valence-electron chi connectivity index (χ4n) is 2.61. The third-order valence-corrected chi connectivity index (χ3v) is 3.66. The molecule has 3 aromatic rings. The molecule has 1 aromatic carbocycles. The molecule has 0 saturated carbocycles. The first-order valence-corrected chi connectivity index (χ1v) is 7.00. The van der Waals surface area contributed by atoms with Crippen LogP contribution in [-0.2, 0) is 9.53 Å². The number of nitrogen functional groups attached to an aromatic ring is 1. The molecule has 2 N–H and O–H groups in total. The fraction of sp³-hybridized carbons (Fsp3) is 0.118. The van der Waals surface area contributed by atoms with E-state index in [1.54, 1.807) is 30.6 Å². The number of halogens is 1. The van der Waals surface area contributed by atoms with Crippen LogP contribution in [0.4, 0.5) is 10.2 Å². The Labute approximate surface area is 131 Å². The Hall–Kier alpha value is -3.02. The van der Waals surface area contributed by atoms with Gasteiger partial charge in [-0.05, 0) is 29.3 Å². The molecule has 23 heavy (non-hydrogen) atoms. The highest BCUT2D eigenvalue weighted by Crippen LogP contribution is 2.31. The van der Waals surface area contributed by atoms with E-state index in [1.165, 1.54) is 12.1 Å². The highest BCUT2D eigenvalue weighted by molar-refractivity contribution is 5.90. The molecule has 0 aliphatic rings. The summed E-state index contributed by atoms with van der Waals surface area (Å²) >= 11 is 0. The van der Waals surface area contributed by atoms with Gasteiger partial charge in [-0.1, -0.05) is 18.2 Å². The van der Waals surface area contributed by atoms with Crippen molar-refractivity contribution in [3.8, 4) is 0 Å². The number of aromatic nitrogens is 2. The molecule has 3 rings (SSSR count). The smallest absolute Gasteiger partial charge is 0.293 e. The molecular weight excluding hydrogens is 297 g/mol. The first-order valence-electron chi connectivity index (χ1n) is 7.00. The SMILES string of the molecule is Nc1ncc(C(COC=O)c2cccc(F)c2)c2cccnc12. The molecule has 0 aliphatic carbocycles. The van der Waals surface area contributed by atoms with Crippen molar-refractivity contribution >= 4 is 23.2 Å². The van der Waals surface area contributed by atoms with Crippen molar-refractivity contribution in [1.82, 2.24) is 9.97 Å². The van der Waals surface area contributed by atoms with E-state index >= 15 is 0 Å². The van der Waals surface area contributed by atoms with Crippen LogP contribution in [0.25, 0.3) is 10.9 Å². The molecule has 0 fully saturated rings. The van der Waals surface area contributed by atoms with Gasteiger partial charge in [-0.25, -0.2) is 9.37 Å². The van der Waals surface area contributed by atoms with Gasteiger partial charge in [0, 0.05) is 23.7 Å². The van der Waals surface area contributed by atoms with Gasteiger partial charge in [0.2, 0.25) is 0 Å². The number of anilines is 1. The predicted octanol–water partition coefficient (Wildman–Crippen LogP) is 2.66. The van der Waals surface area contributed by atoms with Gasteiger partial charge in [0.15, 0.2) is 0 Å². The maximum absolute atomic E-state index is 13.6. The molecule has 2 aromatic heterocycles. The number of nitrogens with two attached hydrogens (primary N) is 1. The van der Waals surface area contributed by atoms with E-state index < -0.39 is 0 Å². The molecule has 0 amide bonds. The van der Waals surface area contributed by atoms with E-state index in [-0.39, 0.29) is 18.3 Å². The average Bonchev–Trinajstić information content (AvgIpc) is 2.57. The summed E-state index contributed by atoms with van der Waals surface area (Å²) in [6.07, 6.45) is 3.24. The standard InChI is InChI=1S/C17H14FN3O2/c18-12-4-1-3-11(7-12)15(9-23-10-22)14-8-21-17(19)16-13(14)5-2-6-20-16/h1-8,10,15H,9H2,(H2,19,21). The van der Waals surface area contributed by atoms with Gasteiger partial charge in [-0.2, -0.15) is 0 Å². The lowest BCUT2D eigenvalue weighted by Gasteiger charge is -2.19. The Morgan fingerprint density at radius 1 is 1.26 bits per heavy atom. The molecule has 0 aliphatic heterocycles. The lowest BCUT2D eigenvalue weighted by Crippen LogP contribution is -2.11. The minimum absolute atomic E-state index is 0.0720. The number of pyridine rings is 2. The third-order valence-electron chi connectivity index (χ3n) is 3.66. The van der Waals surface area contributed by atoms with E-state index in [0.29, 0.717) is 23.4 Å². The molecule has 1 unspecified atom stereocenters. The van der Waals surface area contributed by atoms with Gasteiger partial charge in [0.1, 0.15) is 23.8 Å². The summed E-state index contributed by atoms with van der Waals surface area (Å²) in [6, 6.07) is 9.82. The number of benzene rings is 1. The van der Waals surface area contributed by atoms with E-state index in [4.69, 9.17) is 10.5 Å². The van der Waals surface area contributed by atoms with E-state index in [0.717, 1.165) is 10.9 Å². The number of carbonyl (C=O) groups excluding carboxylic acids is 1. The van der Waals surface area contributed by atoms with Gasteiger partial charge in [0.25, 0.3) is 6.47 Å². The van der Waals surface area contributed by atoms with Crippen molar-refractivity contribution < 1.29 is 13.9 Å². The van der Waals surface area contributed by atoms with Crippen LogP contribution in [0.15, 0.2) is 48.8 Å². The van der Waals surface area contributed by atoms with Crippen LogP contribution in [0.5, 0.6) is 0 Å². The summed E-state index contributed by atoms with van der Waals surface area (Å²) < 4.78 is 18.5. The van der Waals surface area contributed by atoms with Crippen LogP contribution in [0, 0.1) is 5.82 Å². The molecular formula is C17H14FN3O2. The Kier molecular flexibility index (Phi) is 4.14. The highest BCUT2D eigenvalue weighted by atomic mass is 19.1. The van der Waals surface area contributed by atoms with Crippen molar-refractivity contribution in [1.29, 1.82) is 0 Å². The van der Waals surface area contributed by atoms with Crippen molar-refractivity contribution in [2.45, 2.75) is 5.92 Å². The van der Waals surface area contributed by atoms with Gasteiger partial charge < -0.3 is 10.5 Å².